The molecule has 0 fully saturated rings. The van der Waals surface area contributed by atoms with Crippen molar-refractivity contribution < 1.29 is 9.59 Å². The summed E-state index contributed by atoms with van der Waals surface area (Å²) in [5.41, 5.74) is 10.1. The van der Waals surface area contributed by atoms with E-state index in [0.29, 0.717) is 43.3 Å². The second kappa shape index (κ2) is 7.48. The third kappa shape index (κ3) is 3.62. The molecule has 4 aromatic rings. The molecule has 2 heterocycles. The molecule has 0 unspecified atom stereocenters. The monoisotopic (exact) mass is 401 g/mol. The van der Waals surface area contributed by atoms with Crippen molar-refractivity contribution in [3.05, 3.63) is 87.9 Å². The molecule has 0 bridgehead atoms. The summed E-state index contributed by atoms with van der Waals surface area (Å²) in [6.07, 6.45) is 0. The van der Waals surface area contributed by atoms with Gasteiger partial charge < -0.3 is 11.1 Å². The van der Waals surface area contributed by atoms with E-state index in [-0.39, 0.29) is 11.7 Å². The number of carbonyl (C=O) groups is 2. The molecule has 2 aromatic heterocycles. The lowest BCUT2D eigenvalue weighted by Crippen LogP contribution is -2.11. The molecule has 29 heavy (non-hydrogen) atoms. The average molecular weight is 401 g/mol. The van der Waals surface area contributed by atoms with Gasteiger partial charge in [0.2, 0.25) is 0 Å². The number of hydrogen-bond acceptors (Lipinski definition) is 5. The Morgan fingerprint density at radius 1 is 1.00 bits per heavy atom. The van der Waals surface area contributed by atoms with Gasteiger partial charge in [0.25, 0.3) is 5.91 Å². The summed E-state index contributed by atoms with van der Waals surface area (Å²) >= 11 is 1.23. The van der Waals surface area contributed by atoms with Gasteiger partial charge in [-0.25, -0.2) is 4.98 Å². The van der Waals surface area contributed by atoms with Crippen LogP contribution in [0, 0.1) is 13.8 Å². The first-order valence-corrected chi connectivity index (χ1v) is 9.93. The number of carbonyl (C=O) groups excluding carboxylic acids is 2. The zero-order valence-corrected chi connectivity index (χ0v) is 16.8. The highest BCUT2D eigenvalue weighted by molar-refractivity contribution is 7.21. The maximum atomic E-state index is 12.9. The highest BCUT2D eigenvalue weighted by Crippen LogP contribution is 2.34. The van der Waals surface area contributed by atoms with Gasteiger partial charge in [-0.2, -0.15) is 0 Å². The Hall–Kier alpha value is -3.51. The molecule has 0 saturated carbocycles. The first-order chi connectivity index (χ1) is 13.9. The fourth-order valence-electron chi connectivity index (χ4n) is 3.10. The number of nitrogens with two attached hydrogens (primary N) is 1. The number of anilines is 2. The predicted octanol–water partition coefficient (Wildman–Crippen LogP) is 4.98. The van der Waals surface area contributed by atoms with Gasteiger partial charge in [-0.05, 0) is 32.0 Å². The molecular formula is C23H19N3O2S. The number of pyridine rings is 1. The van der Waals surface area contributed by atoms with E-state index in [1.54, 1.807) is 25.1 Å². The summed E-state index contributed by atoms with van der Waals surface area (Å²) in [7, 11) is 0. The number of benzene rings is 2. The van der Waals surface area contributed by atoms with Gasteiger partial charge >= 0.3 is 0 Å². The Labute approximate surface area is 172 Å². The Morgan fingerprint density at radius 2 is 1.69 bits per heavy atom. The van der Waals surface area contributed by atoms with E-state index >= 15 is 0 Å². The number of nitrogens with zero attached hydrogens (tertiary/aromatic N) is 1. The molecule has 0 spiro atoms. The second-order valence-corrected chi connectivity index (χ2v) is 7.83. The summed E-state index contributed by atoms with van der Waals surface area (Å²) in [5, 5.41) is 3.48. The number of ketones is 1. The molecule has 0 aliphatic heterocycles. The molecule has 2 aromatic carbocycles. The van der Waals surface area contributed by atoms with Crippen molar-refractivity contribution >= 4 is 44.6 Å². The van der Waals surface area contributed by atoms with Gasteiger partial charge in [-0.15, -0.1) is 11.3 Å². The first kappa shape index (κ1) is 18.8. The molecule has 0 aliphatic rings. The number of rotatable bonds is 4. The molecule has 4 rings (SSSR count). The van der Waals surface area contributed by atoms with Crippen LogP contribution in [0.1, 0.15) is 36.9 Å². The van der Waals surface area contributed by atoms with E-state index in [2.05, 4.69) is 10.3 Å². The molecular weight excluding hydrogens is 382 g/mol. The van der Waals surface area contributed by atoms with Crippen LogP contribution in [0.15, 0.2) is 60.7 Å². The first-order valence-electron chi connectivity index (χ1n) is 9.11. The Bertz CT molecular complexity index is 1230. The van der Waals surface area contributed by atoms with E-state index in [1.165, 1.54) is 11.3 Å². The van der Waals surface area contributed by atoms with Crippen LogP contribution in [-0.2, 0) is 0 Å². The van der Waals surface area contributed by atoms with Crippen LogP contribution < -0.4 is 11.1 Å². The Kier molecular flexibility index (Phi) is 4.86. The summed E-state index contributed by atoms with van der Waals surface area (Å²) in [6.45, 7) is 3.77. The van der Waals surface area contributed by atoms with E-state index in [9.17, 15) is 9.59 Å². The van der Waals surface area contributed by atoms with E-state index in [1.807, 2.05) is 49.4 Å². The number of thiophene rings is 1. The zero-order valence-electron chi connectivity index (χ0n) is 16.0. The van der Waals surface area contributed by atoms with Gasteiger partial charge in [-0.1, -0.05) is 48.0 Å². The van der Waals surface area contributed by atoms with Crippen LogP contribution in [0.2, 0.25) is 0 Å². The molecule has 0 saturated heterocycles. The fourth-order valence-corrected chi connectivity index (χ4v) is 4.11. The van der Waals surface area contributed by atoms with Crippen molar-refractivity contribution in [3.8, 4) is 0 Å². The van der Waals surface area contributed by atoms with Gasteiger partial charge in [0.15, 0.2) is 5.78 Å². The number of fused-ring (bicyclic) bond motifs is 1. The van der Waals surface area contributed by atoms with Crippen molar-refractivity contribution in [2.75, 3.05) is 11.1 Å². The number of amides is 1. The van der Waals surface area contributed by atoms with E-state index in [0.717, 1.165) is 5.56 Å². The zero-order chi connectivity index (χ0) is 20.5. The van der Waals surface area contributed by atoms with Crippen LogP contribution in [-0.4, -0.2) is 16.7 Å². The quantitative estimate of drug-likeness (QED) is 0.472. The number of nitrogen functional groups attached to an aromatic ring is 1. The van der Waals surface area contributed by atoms with Crippen LogP contribution in [0.5, 0.6) is 0 Å². The SMILES string of the molecule is Cc1ccc(NC(=O)c2sc3nc(C)c(C(=O)c4ccccc4)cc3c2N)cc1. The molecule has 0 aliphatic carbocycles. The van der Waals surface area contributed by atoms with Crippen molar-refractivity contribution in [1.82, 2.24) is 4.98 Å². The third-order valence-corrected chi connectivity index (χ3v) is 5.82. The standard InChI is InChI=1S/C23H19N3O2S/c1-13-8-10-16(11-9-13)26-22(28)21-19(24)18-12-17(14(2)25-23(18)29-21)20(27)15-6-4-3-5-7-15/h3-12H,24H2,1-2H3,(H,26,28). The smallest absolute Gasteiger partial charge is 0.267 e. The predicted molar refractivity (Wildman–Crippen MR) is 118 cm³/mol. The maximum absolute atomic E-state index is 12.9. The van der Waals surface area contributed by atoms with Gasteiger partial charge in [0.1, 0.15) is 9.71 Å². The average Bonchev–Trinajstić information content (AvgIpc) is 3.05. The molecule has 6 heteroatoms. The Balaban J connectivity index is 1.71. The number of aromatic nitrogens is 1. The summed E-state index contributed by atoms with van der Waals surface area (Å²) in [6, 6.07) is 18.3. The second-order valence-electron chi connectivity index (χ2n) is 6.83. The number of aryl methyl sites for hydroxylation is 2. The van der Waals surface area contributed by atoms with Gasteiger partial charge in [0.05, 0.1) is 11.4 Å². The largest absolute Gasteiger partial charge is 0.397 e. The fraction of sp³-hybridized carbons (Fsp3) is 0.0870. The Morgan fingerprint density at radius 3 is 2.38 bits per heavy atom. The van der Waals surface area contributed by atoms with Crippen LogP contribution in [0.3, 0.4) is 0 Å². The van der Waals surface area contributed by atoms with Crippen LogP contribution >= 0.6 is 11.3 Å². The van der Waals surface area contributed by atoms with Crippen LogP contribution in [0.25, 0.3) is 10.2 Å². The van der Waals surface area contributed by atoms with E-state index in [4.69, 9.17) is 5.73 Å². The minimum atomic E-state index is -0.289. The maximum Gasteiger partial charge on any atom is 0.267 e. The minimum Gasteiger partial charge on any atom is -0.397 e. The molecule has 0 radical (unpaired) electrons. The lowest BCUT2D eigenvalue weighted by atomic mass is 10.0. The molecule has 144 valence electrons. The summed E-state index contributed by atoms with van der Waals surface area (Å²) < 4.78 is 0. The van der Waals surface area contributed by atoms with Gasteiger partial charge in [0, 0.05) is 22.2 Å². The molecule has 1 amide bonds. The third-order valence-electron chi connectivity index (χ3n) is 4.71. The van der Waals surface area contributed by atoms with Crippen molar-refractivity contribution in [2.45, 2.75) is 13.8 Å². The molecule has 5 nitrogen and oxygen atoms in total. The topological polar surface area (TPSA) is 85.1 Å². The van der Waals surface area contributed by atoms with E-state index < -0.39 is 0 Å². The number of hydrogen-bond donors (Lipinski definition) is 2. The summed E-state index contributed by atoms with van der Waals surface area (Å²) in [5.74, 6) is -0.406. The van der Waals surface area contributed by atoms with Gasteiger partial charge in [-0.3, -0.25) is 9.59 Å². The van der Waals surface area contributed by atoms with Crippen molar-refractivity contribution in [1.29, 1.82) is 0 Å². The highest BCUT2D eigenvalue weighted by Gasteiger charge is 2.21. The van der Waals surface area contributed by atoms with Crippen molar-refractivity contribution in [3.63, 3.8) is 0 Å². The minimum absolute atomic E-state index is 0.117. The molecule has 0 atom stereocenters. The summed E-state index contributed by atoms with van der Waals surface area (Å²) in [4.78, 5) is 31.2. The highest BCUT2D eigenvalue weighted by atomic mass is 32.1. The lowest BCUT2D eigenvalue weighted by Gasteiger charge is -2.06. The van der Waals surface area contributed by atoms with Crippen molar-refractivity contribution in [2.24, 2.45) is 0 Å². The normalized spacial score (nSPS) is 10.8. The molecule has 3 N–H and O–H groups in total. The number of nitrogens with one attached hydrogen (secondary N) is 1. The lowest BCUT2D eigenvalue weighted by molar-refractivity contribution is 0.102. The van der Waals surface area contributed by atoms with Crippen LogP contribution in [0.4, 0.5) is 11.4 Å².